The number of nitrogens with one attached hydrogen (secondary N) is 1. The van der Waals surface area contributed by atoms with Crippen molar-refractivity contribution in [3.8, 4) is 5.69 Å². The minimum absolute atomic E-state index is 0.0301. The zero-order valence-corrected chi connectivity index (χ0v) is 13.5. The van der Waals surface area contributed by atoms with E-state index in [1.807, 2.05) is 32.2 Å². The Hall–Kier alpha value is -2.60. The van der Waals surface area contributed by atoms with Gasteiger partial charge in [-0.25, -0.2) is 13.5 Å². The van der Waals surface area contributed by atoms with Crippen LogP contribution in [-0.2, 0) is 6.54 Å². The Labute approximate surface area is 139 Å². The summed E-state index contributed by atoms with van der Waals surface area (Å²) in [6, 6.07) is 7.40. The van der Waals surface area contributed by atoms with Crippen LogP contribution in [0.4, 0.5) is 8.78 Å². The van der Waals surface area contributed by atoms with Gasteiger partial charge in [0, 0.05) is 42.3 Å². The summed E-state index contributed by atoms with van der Waals surface area (Å²) < 4.78 is 28.5. The molecule has 6 heteroatoms. The molecule has 4 nitrogen and oxygen atoms in total. The smallest absolute Gasteiger partial charge is 0.151 e. The van der Waals surface area contributed by atoms with Crippen LogP contribution in [0.3, 0.4) is 0 Å². The lowest BCUT2D eigenvalue weighted by Crippen LogP contribution is -2.18. The molecule has 1 unspecified atom stereocenters. The number of hydrogen-bond donors (Lipinski definition) is 1. The average molecular weight is 328 g/mol. The van der Waals surface area contributed by atoms with Crippen LogP contribution in [0, 0.1) is 18.6 Å². The van der Waals surface area contributed by atoms with E-state index in [4.69, 9.17) is 0 Å². The molecule has 0 radical (unpaired) electrons. The molecule has 0 amide bonds. The summed E-state index contributed by atoms with van der Waals surface area (Å²) in [5.41, 5.74) is 3.09. The Kier molecular flexibility index (Phi) is 4.66. The molecule has 0 aliphatic rings. The van der Waals surface area contributed by atoms with Crippen LogP contribution in [0.5, 0.6) is 0 Å². The third kappa shape index (κ3) is 3.33. The molecule has 0 aliphatic heterocycles. The topological polar surface area (TPSA) is 42.7 Å². The summed E-state index contributed by atoms with van der Waals surface area (Å²) in [5.74, 6) is -1.24. The first-order valence-corrected chi connectivity index (χ1v) is 7.68. The molecule has 0 bridgehead atoms. The normalized spacial score (nSPS) is 12.3. The van der Waals surface area contributed by atoms with Gasteiger partial charge in [-0.15, -0.1) is 0 Å². The van der Waals surface area contributed by atoms with E-state index in [9.17, 15) is 8.78 Å². The van der Waals surface area contributed by atoms with Gasteiger partial charge in [-0.3, -0.25) is 4.98 Å². The number of hydrogen-bond acceptors (Lipinski definition) is 3. The lowest BCUT2D eigenvalue weighted by Gasteiger charge is -2.14. The molecule has 3 rings (SSSR count). The zero-order valence-electron chi connectivity index (χ0n) is 13.5. The highest BCUT2D eigenvalue weighted by atomic mass is 19.1. The van der Waals surface area contributed by atoms with Gasteiger partial charge in [0.1, 0.15) is 11.5 Å². The maximum Gasteiger partial charge on any atom is 0.151 e. The Morgan fingerprint density at radius 3 is 2.75 bits per heavy atom. The van der Waals surface area contributed by atoms with Gasteiger partial charge in [0.15, 0.2) is 5.82 Å². The van der Waals surface area contributed by atoms with Crippen LogP contribution < -0.4 is 5.32 Å². The Balaban J connectivity index is 1.79. The molecule has 124 valence electrons. The fraction of sp³-hybridized carbons (Fsp3) is 0.222. The molecule has 24 heavy (non-hydrogen) atoms. The van der Waals surface area contributed by atoms with Crippen molar-refractivity contribution in [3.63, 3.8) is 0 Å². The summed E-state index contributed by atoms with van der Waals surface area (Å²) in [5, 5.41) is 7.65. The van der Waals surface area contributed by atoms with E-state index in [2.05, 4.69) is 15.4 Å². The lowest BCUT2D eigenvalue weighted by molar-refractivity contribution is 0.566. The fourth-order valence-corrected chi connectivity index (χ4v) is 2.63. The predicted octanol–water partition coefficient (Wildman–Crippen LogP) is 3.70. The minimum Gasteiger partial charge on any atom is -0.306 e. The molecular weight excluding hydrogens is 310 g/mol. The van der Waals surface area contributed by atoms with Crippen LogP contribution in [0.1, 0.15) is 29.8 Å². The summed E-state index contributed by atoms with van der Waals surface area (Å²) >= 11 is 0. The molecule has 2 heterocycles. The van der Waals surface area contributed by atoms with Crippen LogP contribution in [-0.4, -0.2) is 14.8 Å². The van der Waals surface area contributed by atoms with E-state index in [-0.39, 0.29) is 11.7 Å². The molecule has 0 saturated heterocycles. The molecule has 1 N–H and O–H groups in total. The quantitative estimate of drug-likeness (QED) is 0.776. The summed E-state index contributed by atoms with van der Waals surface area (Å²) in [4.78, 5) is 4.08. The van der Waals surface area contributed by atoms with Gasteiger partial charge in [0.2, 0.25) is 0 Å². The largest absolute Gasteiger partial charge is 0.306 e. The monoisotopic (exact) mass is 328 g/mol. The maximum absolute atomic E-state index is 14.0. The molecule has 2 aromatic heterocycles. The van der Waals surface area contributed by atoms with Crippen LogP contribution in [0.15, 0.2) is 48.9 Å². The second-order valence-corrected chi connectivity index (χ2v) is 5.66. The van der Waals surface area contributed by atoms with Gasteiger partial charge in [-0.2, -0.15) is 5.10 Å². The molecule has 0 saturated carbocycles. The highest BCUT2D eigenvalue weighted by Gasteiger charge is 2.16. The van der Waals surface area contributed by atoms with Crippen molar-refractivity contribution in [2.24, 2.45) is 0 Å². The van der Waals surface area contributed by atoms with E-state index >= 15 is 0 Å². The van der Waals surface area contributed by atoms with E-state index in [1.165, 1.54) is 16.8 Å². The van der Waals surface area contributed by atoms with E-state index in [0.29, 0.717) is 6.54 Å². The maximum atomic E-state index is 14.0. The first-order chi connectivity index (χ1) is 11.6. The first-order valence-electron chi connectivity index (χ1n) is 7.68. The molecular formula is C18H18F2N4. The van der Waals surface area contributed by atoms with Gasteiger partial charge >= 0.3 is 0 Å². The molecule has 3 aromatic rings. The average Bonchev–Trinajstić information content (AvgIpc) is 2.95. The number of aromatic nitrogens is 3. The van der Waals surface area contributed by atoms with Crippen molar-refractivity contribution < 1.29 is 8.78 Å². The number of halogens is 2. The molecule has 0 aliphatic carbocycles. The lowest BCUT2D eigenvalue weighted by atomic mass is 10.1. The van der Waals surface area contributed by atoms with E-state index in [0.717, 1.165) is 22.9 Å². The van der Waals surface area contributed by atoms with Crippen molar-refractivity contribution >= 4 is 0 Å². The summed E-state index contributed by atoms with van der Waals surface area (Å²) in [7, 11) is 0. The fourth-order valence-electron chi connectivity index (χ4n) is 2.63. The second-order valence-electron chi connectivity index (χ2n) is 5.66. The van der Waals surface area contributed by atoms with Crippen LogP contribution in [0.2, 0.25) is 0 Å². The third-order valence-corrected chi connectivity index (χ3v) is 3.99. The summed E-state index contributed by atoms with van der Waals surface area (Å²) in [6.07, 6.45) is 5.25. The number of benzene rings is 1. The highest BCUT2D eigenvalue weighted by Crippen LogP contribution is 2.22. The Morgan fingerprint density at radius 2 is 2.04 bits per heavy atom. The molecule has 0 spiro atoms. The van der Waals surface area contributed by atoms with E-state index < -0.39 is 11.6 Å². The number of pyridine rings is 1. The zero-order chi connectivity index (χ0) is 17.1. The van der Waals surface area contributed by atoms with Crippen molar-refractivity contribution in [3.05, 3.63) is 77.4 Å². The molecule has 1 atom stereocenters. The second kappa shape index (κ2) is 6.88. The SMILES string of the molecule is Cc1c(C(C)NCc2cccnc2)cnn1-c1ccc(F)cc1F. The van der Waals surface area contributed by atoms with Gasteiger partial charge in [0.25, 0.3) is 0 Å². The Morgan fingerprint density at radius 1 is 1.21 bits per heavy atom. The summed E-state index contributed by atoms with van der Waals surface area (Å²) in [6.45, 7) is 4.56. The van der Waals surface area contributed by atoms with Gasteiger partial charge in [0.05, 0.1) is 6.20 Å². The van der Waals surface area contributed by atoms with Gasteiger partial charge in [-0.1, -0.05) is 6.07 Å². The van der Waals surface area contributed by atoms with Crippen molar-refractivity contribution in [1.82, 2.24) is 20.1 Å². The van der Waals surface area contributed by atoms with Gasteiger partial charge < -0.3 is 5.32 Å². The predicted molar refractivity (Wildman–Crippen MR) is 87.7 cm³/mol. The Bertz CT molecular complexity index is 830. The standard InChI is InChI=1S/C18H18F2N4/c1-12(22-10-14-4-3-7-21-9-14)16-11-23-24(13(16)2)18-6-5-15(19)8-17(18)20/h3-9,11-12,22H,10H2,1-2H3. The van der Waals surface area contributed by atoms with Crippen molar-refractivity contribution in [1.29, 1.82) is 0 Å². The first kappa shape index (κ1) is 16.3. The number of rotatable bonds is 5. The minimum atomic E-state index is -0.635. The third-order valence-electron chi connectivity index (χ3n) is 3.99. The number of nitrogens with zero attached hydrogens (tertiary/aromatic N) is 3. The van der Waals surface area contributed by atoms with E-state index in [1.54, 1.807) is 12.4 Å². The highest BCUT2D eigenvalue weighted by molar-refractivity contribution is 5.37. The van der Waals surface area contributed by atoms with Crippen LogP contribution in [0.25, 0.3) is 5.69 Å². The molecule has 1 aromatic carbocycles. The van der Waals surface area contributed by atoms with Crippen LogP contribution >= 0.6 is 0 Å². The van der Waals surface area contributed by atoms with Gasteiger partial charge in [-0.05, 0) is 37.6 Å². The van der Waals surface area contributed by atoms with Crippen molar-refractivity contribution in [2.75, 3.05) is 0 Å². The van der Waals surface area contributed by atoms with Crippen molar-refractivity contribution in [2.45, 2.75) is 26.4 Å². The molecule has 0 fully saturated rings.